The van der Waals surface area contributed by atoms with E-state index in [1.54, 1.807) is 0 Å². The van der Waals surface area contributed by atoms with Crippen LogP contribution in [0.2, 0.25) is 0 Å². The molecule has 1 N–H and O–H groups in total. The minimum atomic E-state index is -0.0729. The van der Waals surface area contributed by atoms with Crippen molar-refractivity contribution in [3.8, 4) is 0 Å². The molecule has 0 spiro atoms. The highest BCUT2D eigenvalue weighted by Crippen LogP contribution is 2.31. The average molecular weight is 335 g/mol. The molecule has 2 aromatic rings. The number of likely N-dealkylation sites (tertiary alicyclic amines) is 1. The molecule has 1 aliphatic rings. The van der Waals surface area contributed by atoms with Crippen LogP contribution in [0.5, 0.6) is 0 Å². The van der Waals surface area contributed by atoms with E-state index in [0.29, 0.717) is 12.5 Å². The van der Waals surface area contributed by atoms with Crippen molar-refractivity contribution in [1.82, 2.24) is 25.0 Å². The van der Waals surface area contributed by atoms with Crippen LogP contribution in [-0.2, 0) is 6.54 Å². The van der Waals surface area contributed by atoms with E-state index in [9.17, 15) is 4.79 Å². The van der Waals surface area contributed by atoms with Crippen LogP contribution in [-0.4, -0.2) is 32.2 Å². The second-order valence-electron chi connectivity index (χ2n) is 6.11. The van der Waals surface area contributed by atoms with Gasteiger partial charge in [0.25, 0.3) is 0 Å². The fourth-order valence-corrected chi connectivity index (χ4v) is 3.63. The molecule has 1 unspecified atom stereocenters. The Kier molecular flexibility index (Phi) is 4.61. The molecule has 0 saturated carbocycles. The van der Waals surface area contributed by atoms with Crippen molar-refractivity contribution < 1.29 is 9.32 Å². The summed E-state index contributed by atoms with van der Waals surface area (Å²) in [5.41, 5.74) is 1.79. The summed E-state index contributed by atoms with van der Waals surface area (Å²) in [6, 6.07) is 1.83. The largest absolute Gasteiger partial charge is 0.361 e. The standard InChI is InChI=1S/C15H21N5O2S/c1-9(2)14-13(23-19-17-14)8-16-15(21)20-6-4-5-12(20)11-7-10(3)22-18-11/h7,9,12H,4-6,8H2,1-3H3,(H,16,21). The van der Waals surface area contributed by atoms with Crippen LogP contribution >= 0.6 is 11.5 Å². The number of carbonyl (C=O) groups excluding carboxylic acids is 1. The van der Waals surface area contributed by atoms with Gasteiger partial charge >= 0.3 is 6.03 Å². The summed E-state index contributed by atoms with van der Waals surface area (Å²) in [7, 11) is 0. The lowest BCUT2D eigenvalue weighted by molar-refractivity contribution is 0.190. The highest BCUT2D eigenvalue weighted by molar-refractivity contribution is 7.05. The van der Waals surface area contributed by atoms with Gasteiger partial charge in [-0.05, 0) is 37.2 Å². The molecular formula is C15H21N5O2S. The van der Waals surface area contributed by atoms with Crippen LogP contribution in [0.3, 0.4) is 0 Å². The molecule has 8 heteroatoms. The maximum Gasteiger partial charge on any atom is 0.318 e. The summed E-state index contributed by atoms with van der Waals surface area (Å²) in [5, 5.41) is 11.2. The third-order valence-corrected chi connectivity index (χ3v) is 4.77. The fourth-order valence-electron chi connectivity index (χ4n) is 2.89. The average Bonchev–Trinajstić information content (AvgIpc) is 3.23. The third kappa shape index (κ3) is 3.36. The zero-order chi connectivity index (χ0) is 16.4. The van der Waals surface area contributed by atoms with E-state index in [1.807, 2.05) is 17.9 Å². The number of carbonyl (C=O) groups is 1. The topological polar surface area (TPSA) is 84.2 Å². The summed E-state index contributed by atoms with van der Waals surface area (Å²) >= 11 is 1.34. The van der Waals surface area contributed by atoms with Gasteiger partial charge in [-0.15, -0.1) is 5.10 Å². The maximum absolute atomic E-state index is 12.5. The number of hydrogen-bond donors (Lipinski definition) is 1. The van der Waals surface area contributed by atoms with Crippen molar-refractivity contribution in [3.05, 3.63) is 28.1 Å². The van der Waals surface area contributed by atoms with E-state index in [0.717, 1.165) is 41.4 Å². The molecule has 0 aromatic carbocycles. The van der Waals surface area contributed by atoms with E-state index in [4.69, 9.17) is 4.52 Å². The molecule has 23 heavy (non-hydrogen) atoms. The normalized spacial score (nSPS) is 17.9. The van der Waals surface area contributed by atoms with Crippen LogP contribution < -0.4 is 5.32 Å². The molecule has 1 aliphatic heterocycles. The van der Waals surface area contributed by atoms with Gasteiger partial charge in [0.05, 0.1) is 23.2 Å². The SMILES string of the molecule is Cc1cc(C2CCCN2C(=O)NCc2snnc2C(C)C)no1. The molecular weight excluding hydrogens is 314 g/mol. The number of aromatic nitrogens is 3. The van der Waals surface area contributed by atoms with E-state index in [1.165, 1.54) is 11.5 Å². The second kappa shape index (κ2) is 6.66. The Morgan fingerprint density at radius 3 is 3.09 bits per heavy atom. The predicted octanol–water partition coefficient (Wildman–Crippen LogP) is 3.00. The first-order valence-corrected chi connectivity index (χ1v) is 8.62. The van der Waals surface area contributed by atoms with Gasteiger partial charge in [0.2, 0.25) is 0 Å². The molecule has 1 fully saturated rings. The molecule has 2 aromatic heterocycles. The summed E-state index contributed by atoms with van der Waals surface area (Å²) in [6.45, 7) is 7.21. The smallest absolute Gasteiger partial charge is 0.318 e. The molecule has 3 heterocycles. The van der Waals surface area contributed by atoms with Crippen molar-refractivity contribution in [2.45, 2.75) is 52.1 Å². The molecule has 1 atom stereocenters. The van der Waals surface area contributed by atoms with Gasteiger partial charge in [-0.3, -0.25) is 0 Å². The van der Waals surface area contributed by atoms with Crippen molar-refractivity contribution in [2.75, 3.05) is 6.54 Å². The molecule has 0 radical (unpaired) electrons. The van der Waals surface area contributed by atoms with Crippen LogP contribution in [0.15, 0.2) is 10.6 Å². The van der Waals surface area contributed by atoms with Gasteiger partial charge in [-0.25, -0.2) is 4.79 Å². The van der Waals surface area contributed by atoms with Crippen LogP contribution in [0.1, 0.15) is 60.7 Å². The zero-order valence-electron chi connectivity index (χ0n) is 13.6. The predicted molar refractivity (Wildman–Crippen MR) is 86.2 cm³/mol. The van der Waals surface area contributed by atoms with E-state index >= 15 is 0 Å². The van der Waals surface area contributed by atoms with Crippen molar-refractivity contribution in [3.63, 3.8) is 0 Å². The highest BCUT2D eigenvalue weighted by Gasteiger charge is 2.32. The van der Waals surface area contributed by atoms with Crippen molar-refractivity contribution in [2.24, 2.45) is 0 Å². The van der Waals surface area contributed by atoms with Crippen LogP contribution in [0, 0.1) is 6.92 Å². The number of amides is 2. The van der Waals surface area contributed by atoms with Gasteiger partial charge < -0.3 is 14.7 Å². The zero-order valence-corrected chi connectivity index (χ0v) is 14.4. The first kappa shape index (κ1) is 15.9. The molecule has 3 rings (SSSR count). The number of nitrogens with one attached hydrogen (secondary N) is 1. The van der Waals surface area contributed by atoms with Gasteiger partial charge in [0.15, 0.2) is 0 Å². The Bertz CT molecular complexity index is 681. The number of hydrogen-bond acceptors (Lipinski definition) is 6. The number of aryl methyl sites for hydroxylation is 1. The first-order valence-electron chi connectivity index (χ1n) is 7.85. The Hall–Kier alpha value is -1.96. The number of nitrogens with zero attached hydrogens (tertiary/aromatic N) is 4. The molecule has 7 nitrogen and oxygen atoms in total. The lowest BCUT2D eigenvalue weighted by Gasteiger charge is -2.23. The molecule has 0 bridgehead atoms. The second-order valence-corrected chi connectivity index (χ2v) is 6.95. The molecule has 0 aliphatic carbocycles. The lowest BCUT2D eigenvalue weighted by atomic mass is 10.1. The molecule has 2 amide bonds. The van der Waals surface area contributed by atoms with Gasteiger partial charge in [-0.2, -0.15) is 0 Å². The number of rotatable bonds is 4. The minimum Gasteiger partial charge on any atom is -0.361 e. The quantitative estimate of drug-likeness (QED) is 0.928. The molecule has 1 saturated heterocycles. The summed E-state index contributed by atoms with van der Waals surface area (Å²) in [6.07, 6.45) is 1.89. The Morgan fingerprint density at radius 2 is 2.39 bits per heavy atom. The van der Waals surface area contributed by atoms with Gasteiger partial charge in [-0.1, -0.05) is 23.5 Å². The van der Waals surface area contributed by atoms with E-state index in [-0.39, 0.29) is 12.1 Å². The lowest BCUT2D eigenvalue weighted by Crippen LogP contribution is -2.39. The Labute approximate surface area is 139 Å². The summed E-state index contributed by atoms with van der Waals surface area (Å²) in [5.74, 6) is 1.07. The monoisotopic (exact) mass is 335 g/mol. The first-order chi connectivity index (χ1) is 11.1. The maximum atomic E-state index is 12.5. The highest BCUT2D eigenvalue weighted by atomic mass is 32.1. The van der Waals surface area contributed by atoms with E-state index < -0.39 is 0 Å². The fraction of sp³-hybridized carbons (Fsp3) is 0.600. The van der Waals surface area contributed by atoms with Gasteiger partial charge in [0.1, 0.15) is 11.5 Å². The van der Waals surface area contributed by atoms with Crippen LogP contribution in [0.4, 0.5) is 4.79 Å². The summed E-state index contributed by atoms with van der Waals surface area (Å²) in [4.78, 5) is 15.4. The Balaban J connectivity index is 1.64. The minimum absolute atomic E-state index is 0.00314. The number of urea groups is 1. The third-order valence-electron chi connectivity index (χ3n) is 4.03. The Morgan fingerprint density at radius 1 is 1.57 bits per heavy atom. The van der Waals surface area contributed by atoms with Crippen molar-refractivity contribution in [1.29, 1.82) is 0 Å². The van der Waals surface area contributed by atoms with Crippen molar-refractivity contribution >= 4 is 17.6 Å². The van der Waals surface area contributed by atoms with E-state index in [2.05, 4.69) is 33.9 Å². The van der Waals surface area contributed by atoms with Crippen LogP contribution in [0.25, 0.3) is 0 Å². The summed E-state index contributed by atoms with van der Waals surface area (Å²) < 4.78 is 9.13. The molecule has 124 valence electrons. The van der Waals surface area contributed by atoms with Gasteiger partial charge in [0, 0.05) is 12.6 Å².